The molecule has 0 saturated carbocycles. The van der Waals surface area contributed by atoms with Gasteiger partial charge in [0.1, 0.15) is 5.75 Å². The molecule has 0 aliphatic heterocycles. The number of nitrogens with zero attached hydrogens (tertiary/aromatic N) is 1. The molecule has 2 aromatic rings. The third kappa shape index (κ3) is 5.39. The maximum atomic E-state index is 12.5. The van der Waals surface area contributed by atoms with Crippen LogP contribution in [0.2, 0.25) is 0 Å². The van der Waals surface area contributed by atoms with Crippen molar-refractivity contribution in [3.8, 4) is 5.75 Å². The van der Waals surface area contributed by atoms with Gasteiger partial charge in [0.15, 0.2) is 6.10 Å². The van der Waals surface area contributed by atoms with Crippen molar-refractivity contribution in [3.05, 3.63) is 65.7 Å². The number of rotatable bonds is 7. The fourth-order valence-corrected chi connectivity index (χ4v) is 2.45. The summed E-state index contributed by atoms with van der Waals surface area (Å²) in [5.74, 6) is 0.582. The van der Waals surface area contributed by atoms with E-state index in [1.807, 2.05) is 75.6 Å². The van der Waals surface area contributed by atoms with Crippen LogP contribution in [0.25, 0.3) is 0 Å². The van der Waals surface area contributed by atoms with E-state index in [1.165, 1.54) is 0 Å². The Balaban J connectivity index is 2.02. The first-order valence-electron chi connectivity index (χ1n) is 8.19. The molecule has 2 rings (SSSR count). The fourth-order valence-electron chi connectivity index (χ4n) is 2.45. The van der Waals surface area contributed by atoms with Crippen LogP contribution in [-0.2, 0) is 4.79 Å². The van der Waals surface area contributed by atoms with Gasteiger partial charge in [-0.05, 0) is 45.6 Å². The number of nitrogens with one attached hydrogen (secondary N) is 1. The number of hydrogen-bond acceptors (Lipinski definition) is 3. The van der Waals surface area contributed by atoms with Crippen LogP contribution in [0.5, 0.6) is 5.75 Å². The molecule has 0 unspecified atom stereocenters. The van der Waals surface area contributed by atoms with Crippen LogP contribution in [0.3, 0.4) is 0 Å². The number of likely N-dealkylation sites (N-methyl/N-ethyl adjacent to an activating group) is 1. The lowest BCUT2D eigenvalue weighted by molar-refractivity contribution is -0.128. The van der Waals surface area contributed by atoms with Crippen molar-refractivity contribution in [1.82, 2.24) is 10.2 Å². The molecule has 0 bridgehead atoms. The van der Waals surface area contributed by atoms with Crippen molar-refractivity contribution in [2.24, 2.45) is 0 Å². The Morgan fingerprint density at radius 1 is 1.08 bits per heavy atom. The standard InChI is InChI=1S/C20H26N2O2/c1-15-10-12-18(13-11-15)24-16(2)20(23)21-19(14-22(3)4)17-8-6-5-7-9-17/h5-13,16,19H,14H2,1-4H3,(H,21,23)/t16-,19+/m0/s1. The normalized spacial score (nSPS) is 13.4. The molecule has 4 heteroatoms. The van der Waals surface area contributed by atoms with Crippen LogP contribution in [0.15, 0.2) is 54.6 Å². The quantitative estimate of drug-likeness (QED) is 0.850. The summed E-state index contributed by atoms with van der Waals surface area (Å²) in [6.07, 6.45) is -0.555. The van der Waals surface area contributed by atoms with E-state index < -0.39 is 6.10 Å². The van der Waals surface area contributed by atoms with Gasteiger partial charge in [0, 0.05) is 6.54 Å². The zero-order chi connectivity index (χ0) is 17.5. The number of carbonyl (C=O) groups is 1. The zero-order valence-electron chi connectivity index (χ0n) is 14.8. The number of amides is 1. The molecule has 2 aromatic carbocycles. The topological polar surface area (TPSA) is 41.6 Å². The lowest BCUT2D eigenvalue weighted by Crippen LogP contribution is -2.41. The summed E-state index contributed by atoms with van der Waals surface area (Å²) in [6.45, 7) is 4.52. The minimum Gasteiger partial charge on any atom is -0.481 e. The van der Waals surface area contributed by atoms with E-state index in [4.69, 9.17) is 4.74 Å². The van der Waals surface area contributed by atoms with E-state index in [1.54, 1.807) is 6.92 Å². The number of benzene rings is 2. The second-order valence-corrected chi connectivity index (χ2v) is 6.31. The molecule has 4 nitrogen and oxygen atoms in total. The van der Waals surface area contributed by atoms with Crippen molar-refractivity contribution in [1.29, 1.82) is 0 Å². The molecule has 1 N–H and O–H groups in total. The van der Waals surface area contributed by atoms with Crippen LogP contribution >= 0.6 is 0 Å². The highest BCUT2D eigenvalue weighted by Crippen LogP contribution is 2.16. The molecule has 0 aliphatic rings. The first kappa shape index (κ1) is 18.0. The minimum absolute atomic E-state index is 0.0715. The van der Waals surface area contributed by atoms with E-state index in [-0.39, 0.29) is 11.9 Å². The number of aryl methyl sites for hydroxylation is 1. The molecule has 0 aliphatic carbocycles. The molecule has 128 valence electrons. The van der Waals surface area contributed by atoms with Crippen LogP contribution in [-0.4, -0.2) is 37.6 Å². The maximum Gasteiger partial charge on any atom is 0.261 e. The molecule has 0 saturated heterocycles. The molecule has 24 heavy (non-hydrogen) atoms. The molecular formula is C20H26N2O2. The van der Waals surface area contributed by atoms with Gasteiger partial charge in [-0.3, -0.25) is 4.79 Å². The average Bonchev–Trinajstić information content (AvgIpc) is 2.56. The van der Waals surface area contributed by atoms with Gasteiger partial charge in [-0.25, -0.2) is 0 Å². The van der Waals surface area contributed by atoms with E-state index in [2.05, 4.69) is 10.2 Å². The van der Waals surface area contributed by atoms with Crippen molar-refractivity contribution < 1.29 is 9.53 Å². The lowest BCUT2D eigenvalue weighted by atomic mass is 10.1. The van der Waals surface area contributed by atoms with Gasteiger partial charge in [-0.1, -0.05) is 48.0 Å². The highest BCUT2D eigenvalue weighted by atomic mass is 16.5. The third-order valence-corrected chi connectivity index (χ3v) is 3.77. The molecule has 0 heterocycles. The Morgan fingerprint density at radius 3 is 2.29 bits per heavy atom. The third-order valence-electron chi connectivity index (χ3n) is 3.77. The van der Waals surface area contributed by atoms with E-state index in [0.29, 0.717) is 5.75 Å². The molecule has 0 spiro atoms. The molecule has 1 amide bonds. The number of carbonyl (C=O) groups excluding carboxylic acids is 1. The highest BCUT2D eigenvalue weighted by Gasteiger charge is 2.20. The van der Waals surface area contributed by atoms with Crippen molar-refractivity contribution in [2.45, 2.75) is 26.0 Å². The first-order chi connectivity index (χ1) is 11.5. The van der Waals surface area contributed by atoms with Gasteiger partial charge in [-0.15, -0.1) is 0 Å². The summed E-state index contributed by atoms with van der Waals surface area (Å²) < 4.78 is 5.75. The Labute approximate surface area is 144 Å². The predicted molar refractivity (Wildman–Crippen MR) is 97.1 cm³/mol. The smallest absolute Gasteiger partial charge is 0.261 e. The number of hydrogen-bond donors (Lipinski definition) is 1. The van der Waals surface area contributed by atoms with Crippen LogP contribution in [0, 0.1) is 6.92 Å². The van der Waals surface area contributed by atoms with Crippen LogP contribution < -0.4 is 10.1 Å². The summed E-state index contributed by atoms with van der Waals surface area (Å²) in [6, 6.07) is 17.6. The average molecular weight is 326 g/mol. The second-order valence-electron chi connectivity index (χ2n) is 6.31. The second kappa shape index (κ2) is 8.50. The van der Waals surface area contributed by atoms with Crippen LogP contribution in [0.1, 0.15) is 24.1 Å². The minimum atomic E-state index is -0.555. The Morgan fingerprint density at radius 2 is 1.71 bits per heavy atom. The molecule has 0 radical (unpaired) electrons. The SMILES string of the molecule is Cc1ccc(O[C@@H](C)C(=O)N[C@H](CN(C)C)c2ccccc2)cc1. The predicted octanol–water partition coefficient (Wildman–Crippen LogP) is 3.18. The molecule has 0 fully saturated rings. The van der Waals surface area contributed by atoms with E-state index in [0.717, 1.165) is 17.7 Å². The maximum absolute atomic E-state index is 12.5. The van der Waals surface area contributed by atoms with E-state index >= 15 is 0 Å². The number of ether oxygens (including phenoxy) is 1. The van der Waals surface area contributed by atoms with Crippen LogP contribution in [0.4, 0.5) is 0 Å². The molecule has 2 atom stereocenters. The fraction of sp³-hybridized carbons (Fsp3) is 0.350. The Kier molecular flexibility index (Phi) is 6.38. The largest absolute Gasteiger partial charge is 0.481 e. The summed E-state index contributed by atoms with van der Waals surface area (Å²) in [4.78, 5) is 14.6. The van der Waals surface area contributed by atoms with Gasteiger partial charge in [0.2, 0.25) is 0 Å². The summed E-state index contributed by atoms with van der Waals surface area (Å²) in [5.41, 5.74) is 2.25. The Bertz CT molecular complexity index is 638. The summed E-state index contributed by atoms with van der Waals surface area (Å²) in [7, 11) is 3.99. The molecular weight excluding hydrogens is 300 g/mol. The van der Waals surface area contributed by atoms with Gasteiger partial charge < -0.3 is 15.0 Å². The van der Waals surface area contributed by atoms with Crippen molar-refractivity contribution >= 4 is 5.91 Å². The molecule has 0 aromatic heterocycles. The highest BCUT2D eigenvalue weighted by molar-refractivity contribution is 5.81. The summed E-state index contributed by atoms with van der Waals surface area (Å²) in [5, 5.41) is 3.09. The van der Waals surface area contributed by atoms with Gasteiger partial charge in [0.05, 0.1) is 6.04 Å². The van der Waals surface area contributed by atoms with Gasteiger partial charge >= 0.3 is 0 Å². The van der Waals surface area contributed by atoms with Gasteiger partial charge in [-0.2, -0.15) is 0 Å². The van der Waals surface area contributed by atoms with Crippen molar-refractivity contribution in [3.63, 3.8) is 0 Å². The van der Waals surface area contributed by atoms with E-state index in [9.17, 15) is 4.79 Å². The summed E-state index contributed by atoms with van der Waals surface area (Å²) >= 11 is 0. The monoisotopic (exact) mass is 326 g/mol. The van der Waals surface area contributed by atoms with Gasteiger partial charge in [0.25, 0.3) is 5.91 Å². The zero-order valence-corrected chi connectivity index (χ0v) is 14.8. The van der Waals surface area contributed by atoms with Crippen molar-refractivity contribution in [2.75, 3.05) is 20.6 Å². The lowest BCUT2D eigenvalue weighted by Gasteiger charge is -2.24. The Hall–Kier alpha value is -2.33. The first-order valence-corrected chi connectivity index (χ1v) is 8.19.